The van der Waals surface area contributed by atoms with Gasteiger partial charge in [-0.1, -0.05) is 6.07 Å². The molecule has 3 fully saturated rings. The summed E-state index contributed by atoms with van der Waals surface area (Å²) in [6, 6.07) is 9.99. The quantitative estimate of drug-likeness (QED) is 0.673. The fourth-order valence-corrected chi connectivity index (χ4v) is 5.30. The molecule has 0 aromatic heterocycles. The van der Waals surface area contributed by atoms with Crippen LogP contribution >= 0.6 is 0 Å². The van der Waals surface area contributed by atoms with E-state index >= 15 is 0 Å². The van der Waals surface area contributed by atoms with Crippen LogP contribution in [-0.4, -0.2) is 77.0 Å². The van der Waals surface area contributed by atoms with Gasteiger partial charge in [-0.05, 0) is 55.3 Å². The zero-order valence-corrected chi connectivity index (χ0v) is 19.3. The largest absolute Gasteiger partial charge is 0.353 e. The highest BCUT2D eigenvalue weighted by molar-refractivity contribution is 5.98. The third-order valence-electron chi connectivity index (χ3n) is 7.18. The summed E-state index contributed by atoms with van der Waals surface area (Å²) in [5.41, 5.74) is -0.536. The molecule has 1 unspecified atom stereocenters. The van der Waals surface area contributed by atoms with Gasteiger partial charge in [-0.15, -0.1) is 0 Å². The van der Waals surface area contributed by atoms with Gasteiger partial charge in [0.2, 0.25) is 5.91 Å². The maximum atomic E-state index is 13.9. The molecule has 0 aliphatic carbocycles. The van der Waals surface area contributed by atoms with E-state index in [0.717, 1.165) is 12.8 Å². The predicted octanol–water partition coefficient (Wildman–Crippen LogP) is 3.06. The minimum atomic E-state index is -1.07. The standard InChI is InChI=1S/C26H27F2N3O4/c27-20-8-6-18(7-9-20)23(32)30-14-10-26(11-15-30)31(24(33)19-4-3-5-21(28)16-19)22(17-35-26)25(34)29-12-1-2-13-29/h3-9,16,22H,1-2,10-15,17H2. The number of nitrogens with zero attached hydrogens (tertiary/aromatic N) is 3. The lowest BCUT2D eigenvalue weighted by atomic mass is 9.96. The molecule has 3 amide bonds. The Bertz CT molecular complexity index is 1130. The molecule has 5 rings (SSSR count). The number of halogens is 2. The van der Waals surface area contributed by atoms with Gasteiger partial charge < -0.3 is 14.5 Å². The maximum absolute atomic E-state index is 13.9. The second-order valence-corrected chi connectivity index (χ2v) is 9.29. The van der Waals surface area contributed by atoms with Crippen LogP contribution in [0.5, 0.6) is 0 Å². The number of likely N-dealkylation sites (tertiary alicyclic amines) is 2. The highest BCUT2D eigenvalue weighted by atomic mass is 19.1. The highest BCUT2D eigenvalue weighted by Gasteiger charge is 2.55. The summed E-state index contributed by atoms with van der Waals surface area (Å²) in [6.45, 7) is 1.94. The molecular weight excluding hydrogens is 456 g/mol. The Labute approximate surface area is 202 Å². The molecule has 0 N–H and O–H groups in total. The number of carbonyl (C=O) groups excluding carboxylic acids is 3. The zero-order chi connectivity index (χ0) is 24.6. The van der Waals surface area contributed by atoms with E-state index in [1.54, 1.807) is 9.80 Å². The van der Waals surface area contributed by atoms with E-state index in [4.69, 9.17) is 4.74 Å². The van der Waals surface area contributed by atoms with Gasteiger partial charge in [0.15, 0.2) is 0 Å². The van der Waals surface area contributed by atoms with Gasteiger partial charge >= 0.3 is 0 Å². The Morgan fingerprint density at radius 2 is 1.49 bits per heavy atom. The van der Waals surface area contributed by atoms with Gasteiger partial charge in [0, 0.05) is 50.1 Å². The number of piperidine rings is 1. The van der Waals surface area contributed by atoms with E-state index in [2.05, 4.69) is 0 Å². The Morgan fingerprint density at radius 1 is 0.800 bits per heavy atom. The summed E-state index contributed by atoms with van der Waals surface area (Å²) in [7, 11) is 0. The molecule has 9 heteroatoms. The third kappa shape index (κ3) is 4.40. The van der Waals surface area contributed by atoms with Crippen LogP contribution in [0.3, 0.4) is 0 Å². The topological polar surface area (TPSA) is 70.2 Å². The second kappa shape index (κ2) is 9.37. The van der Waals surface area contributed by atoms with Gasteiger partial charge in [-0.3, -0.25) is 19.3 Å². The van der Waals surface area contributed by atoms with E-state index in [-0.39, 0.29) is 24.0 Å². The molecule has 0 radical (unpaired) electrons. The van der Waals surface area contributed by atoms with Crippen molar-refractivity contribution >= 4 is 17.7 Å². The summed E-state index contributed by atoms with van der Waals surface area (Å²) in [5, 5.41) is 0. The number of hydrogen-bond donors (Lipinski definition) is 0. The fourth-order valence-electron chi connectivity index (χ4n) is 5.30. The van der Waals surface area contributed by atoms with E-state index in [9.17, 15) is 23.2 Å². The third-order valence-corrected chi connectivity index (χ3v) is 7.18. The van der Waals surface area contributed by atoms with E-state index in [1.807, 2.05) is 0 Å². The molecule has 1 spiro atoms. The van der Waals surface area contributed by atoms with Crippen molar-refractivity contribution in [2.24, 2.45) is 0 Å². The van der Waals surface area contributed by atoms with Crippen LogP contribution in [0, 0.1) is 11.6 Å². The minimum Gasteiger partial charge on any atom is -0.353 e. The number of amides is 3. The molecular formula is C26H27F2N3O4. The number of rotatable bonds is 3. The van der Waals surface area contributed by atoms with Crippen molar-refractivity contribution in [1.82, 2.24) is 14.7 Å². The first kappa shape index (κ1) is 23.4. The Hall–Kier alpha value is -3.33. The average molecular weight is 484 g/mol. The Kier molecular flexibility index (Phi) is 6.27. The van der Waals surface area contributed by atoms with Gasteiger partial charge in [0.25, 0.3) is 11.8 Å². The summed E-state index contributed by atoms with van der Waals surface area (Å²) in [5.74, 6) is -1.80. The molecule has 35 heavy (non-hydrogen) atoms. The molecule has 2 aromatic carbocycles. The summed E-state index contributed by atoms with van der Waals surface area (Å²) < 4.78 is 33.4. The molecule has 2 aromatic rings. The smallest absolute Gasteiger partial charge is 0.256 e. The lowest BCUT2D eigenvalue weighted by Gasteiger charge is -2.44. The molecule has 0 saturated carbocycles. The van der Waals surface area contributed by atoms with Crippen molar-refractivity contribution in [3.63, 3.8) is 0 Å². The summed E-state index contributed by atoms with van der Waals surface area (Å²) in [4.78, 5) is 44.8. The molecule has 7 nitrogen and oxygen atoms in total. The lowest BCUT2D eigenvalue weighted by Crippen LogP contribution is -2.60. The average Bonchev–Trinajstić information content (AvgIpc) is 3.53. The summed E-state index contributed by atoms with van der Waals surface area (Å²) >= 11 is 0. The van der Waals surface area contributed by atoms with Crippen molar-refractivity contribution in [2.45, 2.75) is 37.5 Å². The molecule has 1 atom stereocenters. The Balaban J connectivity index is 1.39. The van der Waals surface area contributed by atoms with Crippen molar-refractivity contribution in [3.05, 3.63) is 71.3 Å². The lowest BCUT2D eigenvalue weighted by molar-refractivity contribution is -0.136. The van der Waals surface area contributed by atoms with E-state index < -0.39 is 29.3 Å². The van der Waals surface area contributed by atoms with Crippen molar-refractivity contribution < 1.29 is 27.9 Å². The van der Waals surface area contributed by atoms with Gasteiger partial charge in [0.05, 0.1) is 6.61 Å². The van der Waals surface area contributed by atoms with Crippen molar-refractivity contribution in [3.8, 4) is 0 Å². The number of carbonyl (C=O) groups is 3. The van der Waals surface area contributed by atoms with Crippen LogP contribution in [0.15, 0.2) is 48.5 Å². The first-order valence-corrected chi connectivity index (χ1v) is 11.9. The van der Waals surface area contributed by atoms with E-state index in [0.29, 0.717) is 44.6 Å². The van der Waals surface area contributed by atoms with Crippen LogP contribution in [0.4, 0.5) is 8.78 Å². The molecule has 3 aliphatic rings. The number of benzene rings is 2. The van der Waals surface area contributed by atoms with Crippen LogP contribution < -0.4 is 0 Å². The molecule has 0 bridgehead atoms. The first-order valence-electron chi connectivity index (χ1n) is 11.9. The highest BCUT2D eigenvalue weighted by Crippen LogP contribution is 2.39. The summed E-state index contributed by atoms with van der Waals surface area (Å²) in [6.07, 6.45) is 2.46. The van der Waals surface area contributed by atoms with Crippen LogP contribution in [0.2, 0.25) is 0 Å². The first-order chi connectivity index (χ1) is 16.9. The maximum Gasteiger partial charge on any atom is 0.256 e. The second-order valence-electron chi connectivity index (χ2n) is 9.29. The van der Waals surface area contributed by atoms with Crippen LogP contribution in [0.1, 0.15) is 46.4 Å². The predicted molar refractivity (Wildman–Crippen MR) is 122 cm³/mol. The van der Waals surface area contributed by atoms with Gasteiger partial charge in [-0.2, -0.15) is 0 Å². The Morgan fingerprint density at radius 3 is 2.14 bits per heavy atom. The monoisotopic (exact) mass is 483 g/mol. The molecule has 3 aliphatic heterocycles. The zero-order valence-electron chi connectivity index (χ0n) is 19.3. The van der Waals surface area contributed by atoms with Crippen LogP contribution in [0.25, 0.3) is 0 Å². The fraction of sp³-hybridized carbons (Fsp3) is 0.423. The molecule has 184 valence electrons. The van der Waals surface area contributed by atoms with Crippen LogP contribution in [-0.2, 0) is 9.53 Å². The SMILES string of the molecule is O=C(c1ccc(F)cc1)N1CCC2(CC1)OCC(C(=O)N1CCCC1)N2C(=O)c1cccc(F)c1. The molecule has 3 heterocycles. The number of ether oxygens (including phenoxy) is 1. The molecule has 3 saturated heterocycles. The normalized spacial score (nSPS) is 21.5. The van der Waals surface area contributed by atoms with E-state index in [1.165, 1.54) is 53.4 Å². The van der Waals surface area contributed by atoms with Crippen molar-refractivity contribution in [1.29, 1.82) is 0 Å². The number of hydrogen-bond acceptors (Lipinski definition) is 4. The van der Waals surface area contributed by atoms with Crippen molar-refractivity contribution in [2.75, 3.05) is 32.8 Å². The minimum absolute atomic E-state index is 0.0578. The van der Waals surface area contributed by atoms with Gasteiger partial charge in [-0.25, -0.2) is 8.78 Å². The van der Waals surface area contributed by atoms with Gasteiger partial charge in [0.1, 0.15) is 23.4 Å².